The molecular weight excluding hydrogens is 186 g/mol. The topological polar surface area (TPSA) is 20.3 Å². The van der Waals surface area contributed by atoms with Crippen LogP contribution in [-0.2, 0) is 4.79 Å². The molecule has 2 fully saturated rings. The lowest BCUT2D eigenvalue weighted by molar-refractivity contribution is -0.130. The molecule has 1 aliphatic carbocycles. The van der Waals surface area contributed by atoms with E-state index < -0.39 is 0 Å². The van der Waals surface area contributed by atoms with E-state index in [1.807, 2.05) is 20.8 Å². The van der Waals surface area contributed by atoms with E-state index >= 15 is 0 Å². The Morgan fingerprint density at radius 1 is 1.27 bits per heavy atom. The van der Waals surface area contributed by atoms with Gasteiger partial charge in [-0.3, -0.25) is 9.69 Å². The molecule has 1 aliphatic heterocycles. The summed E-state index contributed by atoms with van der Waals surface area (Å²) < 4.78 is 0. The molecule has 2 heteroatoms. The minimum atomic E-state index is -0.170. The number of rotatable bonds is 3. The van der Waals surface area contributed by atoms with E-state index in [2.05, 4.69) is 4.90 Å². The van der Waals surface area contributed by atoms with Crippen molar-refractivity contribution >= 4 is 5.78 Å². The van der Waals surface area contributed by atoms with Crippen molar-refractivity contribution in [3.63, 3.8) is 0 Å². The fourth-order valence-electron chi connectivity index (χ4n) is 2.47. The molecule has 1 atom stereocenters. The molecule has 0 radical (unpaired) electrons. The minimum absolute atomic E-state index is 0.170. The summed E-state index contributed by atoms with van der Waals surface area (Å²) in [5.74, 6) is 1.35. The first-order chi connectivity index (χ1) is 6.98. The van der Waals surface area contributed by atoms with E-state index in [1.54, 1.807) is 0 Å². The minimum Gasteiger partial charge on any atom is -0.297 e. The molecule has 0 unspecified atom stereocenters. The van der Waals surface area contributed by atoms with Gasteiger partial charge in [-0.1, -0.05) is 20.8 Å². The van der Waals surface area contributed by atoms with Crippen LogP contribution >= 0.6 is 0 Å². The summed E-state index contributed by atoms with van der Waals surface area (Å²) in [5.41, 5.74) is -0.170. The van der Waals surface area contributed by atoms with Crippen LogP contribution in [0.3, 0.4) is 0 Å². The summed E-state index contributed by atoms with van der Waals surface area (Å²) in [6.45, 7) is 8.45. The van der Waals surface area contributed by atoms with E-state index in [0.29, 0.717) is 5.78 Å². The smallest absolute Gasteiger partial charge is 0.155 e. The molecule has 1 heterocycles. The SMILES string of the molecule is CC(C)(C)C(=O)[C@@H]1CCCN1CC1CC1. The Balaban J connectivity index is 1.97. The zero-order valence-corrected chi connectivity index (χ0v) is 10.3. The van der Waals surface area contributed by atoms with Gasteiger partial charge in [-0.2, -0.15) is 0 Å². The lowest BCUT2D eigenvalue weighted by Gasteiger charge is -2.28. The van der Waals surface area contributed by atoms with E-state index in [0.717, 1.165) is 18.9 Å². The summed E-state index contributed by atoms with van der Waals surface area (Å²) in [7, 11) is 0. The third-order valence-corrected chi connectivity index (χ3v) is 3.60. The Morgan fingerprint density at radius 2 is 1.93 bits per heavy atom. The number of nitrogens with zero attached hydrogens (tertiary/aromatic N) is 1. The van der Waals surface area contributed by atoms with Crippen molar-refractivity contribution in [2.24, 2.45) is 11.3 Å². The molecule has 1 saturated carbocycles. The summed E-state index contributed by atoms with van der Waals surface area (Å²) in [4.78, 5) is 14.7. The van der Waals surface area contributed by atoms with E-state index in [1.165, 1.54) is 25.8 Å². The molecule has 0 aromatic rings. The highest BCUT2D eigenvalue weighted by atomic mass is 16.1. The summed E-state index contributed by atoms with van der Waals surface area (Å²) in [6, 6.07) is 0.227. The number of Topliss-reactive ketones (excluding diaryl/α,β-unsaturated/α-hetero) is 1. The Hall–Kier alpha value is -0.370. The van der Waals surface area contributed by atoms with Crippen LogP contribution in [0.2, 0.25) is 0 Å². The lowest BCUT2D eigenvalue weighted by Crippen LogP contribution is -2.42. The van der Waals surface area contributed by atoms with Crippen molar-refractivity contribution in [2.75, 3.05) is 13.1 Å². The third kappa shape index (κ3) is 2.60. The molecule has 86 valence electrons. The fraction of sp³-hybridized carbons (Fsp3) is 0.923. The van der Waals surface area contributed by atoms with Gasteiger partial charge in [-0.25, -0.2) is 0 Å². The average Bonchev–Trinajstić information content (AvgIpc) is 2.80. The van der Waals surface area contributed by atoms with Gasteiger partial charge < -0.3 is 0 Å². The molecule has 0 aromatic carbocycles. The van der Waals surface area contributed by atoms with Gasteiger partial charge >= 0.3 is 0 Å². The van der Waals surface area contributed by atoms with Gasteiger partial charge in [0.25, 0.3) is 0 Å². The third-order valence-electron chi connectivity index (χ3n) is 3.60. The second-order valence-corrected chi connectivity index (χ2v) is 6.21. The number of hydrogen-bond donors (Lipinski definition) is 0. The van der Waals surface area contributed by atoms with Crippen LogP contribution in [0.4, 0.5) is 0 Å². The van der Waals surface area contributed by atoms with Crippen molar-refractivity contribution in [2.45, 2.75) is 52.5 Å². The maximum atomic E-state index is 12.2. The van der Waals surface area contributed by atoms with Crippen LogP contribution in [0.5, 0.6) is 0 Å². The van der Waals surface area contributed by atoms with Gasteiger partial charge in [-0.05, 0) is 38.1 Å². The number of hydrogen-bond acceptors (Lipinski definition) is 2. The number of likely N-dealkylation sites (tertiary alicyclic amines) is 1. The highest BCUT2D eigenvalue weighted by Gasteiger charge is 2.38. The molecule has 0 aromatic heterocycles. The quantitative estimate of drug-likeness (QED) is 0.711. The van der Waals surface area contributed by atoms with Crippen LogP contribution in [0.1, 0.15) is 46.5 Å². The number of ketones is 1. The fourth-order valence-corrected chi connectivity index (χ4v) is 2.47. The second kappa shape index (κ2) is 3.89. The van der Waals surface area contributed by atoms with Gasteiger partial charge in [0.1, 0.15) is 0 Å². The predicted octanol–water partition coefficient (Wildman–Crippen LogP) is 2.48. The molecule has 0 bridgehead atoms. The lowest BCUT2D eigenvalue weighted by atomic mass is 9.85. The van der Waals surface area contributed by atoms with Gasteiger partial charge in [0, 0.05) is 12.0 Å². The molecule has 2 nitrogen and oxygen atoms in total. The van der Waals surface area contributed by atoms with Crippen molar-refractivity contribution in [3.05, 3.63) is 0 Å². The van der Waals surface area contributed by atoms with Crippen LogP contribution in [0.15, 0.2) is 0 Å². The molecule has 15 heavy (non-hydrogen) atoms. The maximum absolute atomic E-state index is 12.2. The van der Waals surface area contributed by atoms with Crippen molar-refractivity contribution in [1.82, 2.24) is 4.90 Å². The van der Waals surface area contributed by atoms with Crippen LogP contribution in [0, 0.1) is 11.3 Å². The van der Waals surface area contributed by atoms with E-state index in [9.17, 15) is 4.79 Å². The van der Waals surface area contributed by atoms with Crippen LogP contribution in [-0.4, -0.2) is 29.8 Å². The number of carbonyl (C=O) groups is 1. The molecule has 2 rings (SSSR count). The van der Waals surface area contributed by atoms with Gasteiger partial charge in [0.15, 0.2) is 5.78 Å². The molecule has 0 N–H and O–H groups in total. The first-order valence-corrected chi connectivity index (χ1v) is 6.27. The van der Waals surface area contributed by atoms with Gasteiger partial charge in [0.05, 0.1) is 6.04 Å². The first kappa shape index (κ1) is 11.1. The molecule has 0 spiro atoms. The van der Waals surface area contributed by atoms with Crippen LogP contribution in [0.25, 0.3) is 0 Å². The summed E-state index contributed by atoms with van der Waals surface area (Å²) in [5, 5.41) is 0. The Kier molecular flexibility index (Phi) is 2.89. The maximum Gasteiger partial charge on any atom is 0.155 e. The van der Waals surface area contributed by atoms with E-state index in [4.69, 9.17) is 0 Å². The molecule has 2 aliphatic rings. The predicted molar refractivity (Wildman–Crippen MR) is 61.8 cm³/mol. The molecule has 1 saturated heterocycles. The standard InChI is InChI=1S/C13H23NO/c1-13(2,3)12(15)11-5-4-8-14(11)9-10-6-7-10/h10-11H,4-9H2,1-3H3/t11-/m0/s1. The Bertz CT molecular complexity index is 250. The zero-order chi connectivity index (χ0) is 11.1. The molecular formula is C13H23NO. The summed E-state index contributed by atoms with van der Waals surface area (Å²) >= 11 is 0. The van der Waals surface area contributed by atoms with Crippen molar-refractivity contribution < 1.29 is 4.79 Å². The second-order valence-electron chi connectivity index (χ2n) is 6.21. The molecule has 0 amide bonds. The number of carbonyl (C=O) groups excluding carboxylic acids is 1. The van der Waals surface area contributed by atoms with Crippen LogP contribution < -0.4 is 0 Å². The zero-order valence-electron chi connectivity index (χ0n) is 10.3. The summed E-state index contributed by atoms with van der Waals surface area (Å²) in [6.07, 6.45) is 5.06. The normalized spacial score (nSPS) is 28.3. The largest absolute Gasteiger partial charge is 0.297 e. The highest BCUT2D eigenvalue weighted by molar-refractivity contribution is 5.88. The van der Waals surface area contributed by atoms with Crippen molar-refractivity contribution in [3.8, 4) is 0 Å². The van der Waals surface area contributed by atoms with Crippen molar-refractivity contribution in [1.29, 1.82) is 0 Å². The Labute approximate surface area is 93.0 Å². The first-order valence-electron chi connectivity index (χ1n) is 6.27. The van der Waals surface area contributed by atoms with E-state index in [-0.39, 0.29) is 11.5 Å². The van der Waals surface area contributed by atoms with Gasteiger partial charge in [-0.15, -0.1) is 0 Å². The monoisotopic (exact) mass is 209 g/mol. The highest BCUT2D eigenvalue weighted by Crippen LogP contribution is 2.34. The average molecular weight is 209 g/mol. The van der Waals surface area contributed by atoms with Gasteiger partial charge in [0.2, 0.25) is 0 Å². The Morgan fingerprint density at radius 3 is 2.47 bits per heavy atom.